The minimum Gasteiger partial charge on any atom is -0.472 e. The molecule has 2 heterocycles. The van der Waals surface area contributed by atoms with Crippen molar-refractivity contribution in [1.29, 1.82) is 0 Å². The fourth-order valence-electron chi connectivity index (χ4n) is 1.41. The summed E-state index contributed by atoms with van der Waals surface area (Å²) in [5.74, 6) is 0.672. The Labute approximate surface area is 69.8 Å². The van der Waals surface area contributed by atoms with Crippen molar-refractivity contribution in [3.63, 3.8) is 0 Å². The van der Waals surface area contributed by atoms with E-state index in [-0.39, 0.29) is 17.9 Å². The molecule has 2 rings (SSSR count). The van der Waals surface area contributed by atoms with E-state index in [0.717, 1.165) is 0 Å². The fraction of sp³-hybridized carbons (Fsp3) is 0.500. The van der Waals surface area contributed by atoms with Crippen molar-refractivity contribution in [2.24, 2.45) is 0 Å². The van der Waals surface area contributed by atoms with Gasteiger partial charge in [0.2, 0.25) is 5.91 Å². The molecule has 2 aliphatic heterocycles. The number of nitrogens with zero attached hydrogens (tertiary/aromatic N) is 1. The Kier molecular flexibility index (Phi) is 1.43. The molecule has 0 bridgehead atoms. The summed E-state index contributed by atoms with van der Waals surface area (Å²) in [6, 6.07) is 0. The van der Waals surface area contributed by atoms with Crippen LogP contribution in [0, 0.1) is 0 Å². The molecule has 0 aromatic rings. The van der Waals surface area contributed by atoms with E-state index in [4.69, 9.17) is 4.74 Å². The summed E-state index contributed by atoms with van der Waals surface area (Å²) in [5.41, 5.74) is 0. The number of carbonyl (C=O) groups excluding carboxylic acids is 2. The number of rotatable bonds is 1. The second-order valence-electron chi connectivity index (χ2n) is 3.02. The predicted molar refractivity (Wildman–Crippen MR) is 40.0 cm³/mol. The molecule has 64 valence electrons. The zero-order valence-electron chi connectivity index (χ0n) is 6.74. The van der Waals surface area contributed by atoms with Crippen LogP contribution in [0.2, 0.25) is 0 Å². The van der Waals surface area contributed by atoms with Gasteiger partial charge < -0.3 is 4.74 Å². The monoisotopic (exact) mass is 167 g/mol. The highest BCUT2D eigenvalue weighted by molar-refractivity contribution is 5.88. The standard InChI is InChI=1S/C8H9NO3/c1-5(10)2-6-4-9-7(11)3-8(9)12-6/h2,8H,3-4H2,1H3/b6-2-. The van der Waals surface area contributed by atoms with Crippen LogP contribution in [0.15, 0.2) is 11.8 Å². The van der Waals surface area contributed by atoms with E-state index in [0.29, 0.717) is 18.7 Å². The van der Waals surface area contributed by atoms with Gasteiger partial charge in [0.25, 0.3) is 0 Å². The molecule has 1 unspecified atom stereocenters. The second kappa shape index (κ2) is 2.33. The highest BCUT2D eigenvalue weighted by Gasteiger charge is 2.43. The fourth-order valence-corrected chi connectivity index (χ4v) is 1.41. The van der Waals surface area contributed by atoms with Gasteiger partial charge in [-0.25, -0.2) is 0 Å². The van der Waals surface area contributed by atoms with Crippen molar-refractivity contribution in [2.45, 2.75) is 19.6 Å². The largest absolute Gasteiger partial charge is 0.472 e. The van der Waals surface area contributed by atoms with E-state index in [1.165, 1.54) is 13.0 Å². The quantitative estimate of drug-likeness (QED) is 0.409. The average Bonchev–Trinajstić information content (AvgIpc) is 2.26. The van der Waals surface area contributed by atoms with E-state index in [1.807, 2.05) is 0 Å². The summed E-state index contributed by atoms with van der Waals surface area (Å²) >= 11 is 0. The molecule has 4 nitrogen and oxygen atoms in total. The molecule has 0 radical (unpaired) electrons. The van der Waals surface area contributed by atoms with Gasteiger partial charge in [0.05, 0.1) is 13.0 Å². The van der Waals surface area contributed by atoms with Crippen LogP contribution < -0.4 is 0 Å². The van der Waals surface area contributed by atoms with Crippen LogP contribution in [0.3, 0.4) is 0 Å². The van der Waals surface area contributed by atoms with Crippen LogP contribution in [0.5, 0.6) is 0 Å². The summed E-state index contributed by atoms with van der Waals surface area (Å²) < 4.78 is 5.29. The lowest BCUT2D eigenvalue weighted by Gasteiger charge is -2.30. The van der Waals surface area contributed by atoms with Crippen LogP contribution in [-0.2, 0) is 14.3 Å². The number of allylic oxidation sites excluding steroid dienone is 1. The van der Waals surface area contributed by atoms with Gasteiger partial charge in [0.1, 0.15) is 5.76 Å². The summed E-state index contributed by atoms with van der Waals surface area (Å²) in [5, 5.41) is 0. The van der Waals surface area contributed by atoms with Crippen molar-refractivity contribution in [2.75, 3.05) is 6.54 Å². The molecular weight excluding hydrogens is 158 g/mol. The minimum atomic E-state index is -0.0944. The first-order valence-electron chi connectivity index (χ1n) is 3.84. The maximum atomic E-state index is 10.9. The summed E-state index contributed by atoms with van der Waals surface area (Å²) in [7, 11) is 0. The SMILES string of the molecule is CC(=O)/C=C1/CN2C(=O)CC2O1. The Morgan fingerprint density at radius 3 is 3.00 bits per heavy atom. The number of ketones is 1. The second-order valence-corrected chi connectivity index (χ2v) is 3.02. The van der Waals surface area contributed by atoms with Crippen LogP contribution in [0.25, 0.3) is 0 Å². The van der Waals surface area contributed by atoms with Crippen molar-refractivity contribution in [3.05, 3.63) is 11.8 Å². The Hall–Kier alpha value is -1.32. The maximum absolute atomic E-state index is 10.9. The smallest absolute Gasteiger partial charge is 0.231 e. The first-order valence-corrected chi connectivity index (χ1v) is 3.84. The summed E-state index contributed by atoms with van der Waals surface area (Å²) in [6.45, 7) is 1.93. The predicted octanol–water partition coefficient (Wildman–Crippen LogP) is 0.0479. The zero-order chi connectivity index (χ0) is 8.72. The van der Waals surface area contributed by atoms with Gasteiger partial charge in [-0.1, -0.05) is 0 Å². The first kappa shape index (κ1) is 7.34. The Bertz CT molecular complexity index is 282. The topological polar surface area (TPSA) is 46.6 Å². The number of β-lactam (4-membered cyclic amide) rings is 1. The van der Waals surface area contributed by atoms with Crippen LogP contribution in [-0.4, -0.2) is 29.4 Å². The van der Waals surface area contributed by atoms with Crippen LogP contribution in [0.4, 0.5) is 0 Å². The molecule has 2 aliphatic rings. The lowest BCUT2D eigenvalue weighted by Crippen LogP contribution is -2.48. The van der Waals surface area contributed by atoms with Gasteiger partial charge in [0.15, 0.2) is 12.0 Å². The molecule has 1 atom stereocenters. The summed E-state index contributed by atoms with van der Waals surface area (Å²) in [4.78, 5) is 23.2. The number of hydrogen-bond donors (Lipinski definition) is 0. The number of carbonyl (C=O) groups is 2. The third-order valence-electron chi connectivity index (χ3n) is 2.00. The van der Waals surface area contributed by atoms with Gasteiger partial charge >= 0.3 is 0 Å². The molecular formula is C8H9NO3. The highest BCUT2D eigenvalue weighted by atomic mass is 16.5. The lowest BCUT2D eigenvalue weighted by atomic mass is 10.2. The van der Waals surface area contributed by atoms with E-state index >= 15 is 0 Å². The van der Waals surface area contributed by atoms with E-state index in [9.17, 15) is 9.59 Å². The maximum Gasteiger partial charge on any atom is 0.231 e. The van der Waals surface area contributed by atoms with E-state index in [2.05, 4.69) is 0 Å². The van der Waals surface area contributed by atoms with Crippen LogP contribution >= 0.6 is 0 Å². The normalized spacial score (nSPS) is 29.8. The third-order valence-corrected chi connectivity index (χ3v) is 2.00. The molecule has 0 aromatic carbocycles. The molecule has 1 amide bonds. The van der Waals surface area contributed by atoms with Crippen molar-refractivity contribution < 1.29 is 14.3 Å². The van der Waals surface area contributed by atoms with Crippen molar-refractivity contribution in [1.82, 2.24) is 4.90 Å². The van der Waals surface area contributed by atoms with E-state index in [1.54, 1.807) is 4.90 Å². The molecule has 4 heteroatoms. The average molecular weight is 167 g/mol. The molecule has 0 aliphatic carbocycles. The number of ether oxygens (including phenoxy) is 1. The molecule has 0 saturated carbocycles. The van der Waals surface area contributed by atoms with Gasteiger partial charge in [-0.2, -0.15) is 0 Å². The molecule has 0 aromatic heterocycles. The van der Waals surface area contributed by atoms with Crippen molar-refractivity contribution >= 4 is 11.7 Å². The van der Waals surface area contributed by atoms with Crippen LogP contribution in [0.1, 0.15) is 13.3 Å². The van der Waals surface area contributed by atoms with Crippen molar-refractivity contribution in [3.8, 4) is 0 Å². The van der Waals surface area contributed by atoms with E-state index < -0.39 is 0 Å². The number of amides is 1. The summed E-state index contributed by atoms with van der Waals surface area (Å²) in [6.07, 6.45) is 1.80. The van der Waals surface area contributed by atoms with Gasteiger partial charge in [-0.15, -0.1) is 0 Å². The number of hydrogen-bond acceptors (Lipinski definition) is 3. The minimum absolute atomic E-state index is 0.0417. The molecule has 0 spiro atoms. The Morgan fingerprint density at radius 2 is 2.50 bits per heavy atom. The molecule has 2 saturated heterocycles. The lowest BCUT2D eigenvalue weighted by molar-refractivity contribution is -0.153. The first-order chi connectivity index (χ1) is 5.66. The molecule has 12 heavy (non-hydrogen) atoms. The highest BCUT2D eigenvalue weighted by Crippen LogP contribution is 2.30. The Balaban J connectivity index is 2.07. The third kappa shape index (κ3) is 0.995. The Morgan fingerprint density at radius 1 is 1.75 bits per heavy atom. The molecule has 2 fully saturated rings. The van der Waals surface area contributed by atoms with Gasteiger partial charge in [0, 0.05) is 6.08 Å². The zero-order valence-corrected chi connectivity index (χ0v) is 6.74. The van der Waals surface area contributed by atoms with Gasteiger partial charge in [-0.3, -0.25) is 14.5 Å². The molecule has 0 N–H and O–H groups in total. The number of fused-ring (bicyclic) bond motifs is 1. The van der Waals surface area contributed by atoms with Gasteiger partial charge in [-0.05, 0) is 6.92 Å².